The van der Waals surface area contributed by atoms with Crippen LogP contribution in [0.4, 0.5) is 5.69 Å². The minimum atomic E-state index is -2.58. The Labute approximate surface area is 154 Å². The molecule has 9 nitrogen and oxygen atoms in total. The minimum Gasteiger partial charge on any atom is -0.661 e. The van der Waals surface area contributed by atoms with Gasteiger partial charge in [0, 0.05) is 40.0 Å². The Morgan fingerprint density at radius 2 is 1.74 bits per heavy atom. The van der Waals surface area contributed by atoms with Gasteiger partial charge in [0.25, 0.3) is 0 Å². The van der Waals surface area contributed by atoms with E-state index in [-0.39, 0.29) is 18.0 Å². The second kappa shape index (κ2) is 11.8. The third-order valence-electron chi connectivity index (χ3n) is 3.91. The maximum atomic E-state index is 11.3. The summed E-state index contributed by atoms with van der Waals surface area (Å²) < 4.78 is 31.6. The molecule has 0 fully saturated rings. The molecule has 150 valence electrons. The SMILES string of the molecule is [CH2-]Oc1cc(OC)cc(COCCCC[Si](OC)(OC)OC)c1[N+](=O)[O-].[Rf]. The zero-order valence-electron chi connectivity index (χ0n) is 16.3. The minimum absolute atomic E-state index is 0. The molecule has 0 saturated heterocycles. The molecule has 0 bridgehead atoms. The first-order valence-electron chi connectivity index (χ1n) is 7.97. The first kappa shape index (κ1) is 24.3. The van der Waals surface area contributed by atoms with E-state index in [4.69, 9.17) is 27.5 Å². The van der Waals surface area contributed by atoms with Crippen LogP contribution in [0.3, 0.4) is 0 Å². The van der Waals surface area contributed by atoms with Crippen LogP contribution in [0.15, 0.2) is 12.1 Å². The number of nitro benzene ring substituents is 1. The van der Waals surface area contributed by atoms with E-state index in [1.807, 2.05) is 0 Å². The van der Waals surface area contributed by atoms with Crippen molar-refractivity contribution in [2.24, 2.45) is 0 Å². The maximum absolute atomic E-state index is 11.3. The summed E-state index contributed by atoms with van der Waals surface area (Å²) in [4.78, 5) is 10.8. The predicted molar refractivity (Wildman–Crippen MR) is 96.1 cm³/mol. The molecule has 0 saturated carbocycles. The number of unbranched alkanes of at least 4 members (excludes halogenated alkanes) is 1. The van der Waals surface area contributed by atoms with Gasteiger partial charge >= 0.3 is 14.5 Å². The Morgan fingerprint density at radius 1 is 1.11 bits per heavy atom. The zero-order chi connectivity index (χ0) is 19.6. The summed E-state index contributed by atoms with van der Waals surface area (Å²) in [5.41, 5.74) is 0.188. The van der Waals surface area contributed by atoms with Crippen molar-refractivity contribution in [1.29, 1.82) is 0 Å². The molecule has 0 aromatic heterocycles. The monoisotopic (exact) mass is 655 g/mol. The Kier molecular flexibility index (Phi) is 10.6. The molecule has 0 spiro atoms. The summed E-state index contributed by atoms with van der Waals surface area (Å²) >= 11 is 0. The van der Waals surface area contributed by atoms with Gasteiger partial charge in [0.05, 0.1) is 24.2 Å². The van der Waals surface area contributed by atoms with Gasteiger partial charge in [-0.25, -0.2) is 0 Å². The van der Waals surface area contributed by atoms with E-state index in [9.17, 15) is 10.1 Å². The van der Waals surface area contributed by atoms with Crippen molar-refractivity contribution in [3.05, 3.63) is 34.9 Å². The van der Waals surface area contributed by atoms with E-state index in [1.165, 1.54) is 13.2 Å². The average molecular weight is 655 g/mol. The van der Waals surface area contributed by atoms with Crippen molar-refractivity contribution in [3.8, 4) is 11.5 Å². The molecule has 0 atom stereocenters. The molecular weight excluding hydrogens is 629 g/mol. The molecule has 1 aromatic rings. The maximum Gasteiger partial charge on any atom is 0.500 e. The number of benzene rings is 1. The molecule has 0 unspecified atom stereocenters. The Balaban J connectivity index is 0.00000676. The van der Waals surface area contributed by atoms with Crippen molar-refractivity contribution >= 4 is 14.5 Å². The Hall–Kier alpha value is -2.72. The molecule has 0 aliphatic rings. The van der Waals surface area contributed by atoms with Crippen LogP contribution in [0.25, 0.3) is 0 Å². The third kappa shape index (κ3) is 6.50. The largest absolute Gasteiger partial charge is 0.661 e. The van der Waals surface area contributed by atoms with Gasteiger partial charge in [0.1, 0.15) is 5.75 Å². The molecule has 0 radical (unpaired) electrons. The van der Waals surface area contributed by atoms with E-state index in [1.54, 1.807) is 27.4 Å². The van der Waals surface area contributed by atoms with E-state index < -0.39 is 13.7 Å². The fourth-order valence-corrected chi connectivity index (χ4v) is 4.26. The topological polar surface area (TPSA) is 98.5 Å². The van der Waals surface area contributed by atoms with E-state index in [0.29, 0.717) is 24.0 Å². The average Bonchev–Trinajstić information content (AvgIpc) is 2.66. The van der Waals surface area contributed by atoms with Gasteiger partial charge in [0.2, 0.25) is 0 Å². The molecule has 0 aliphatic carbocycles. The first-order chi connectivity index (χ1) is 12.5. The van der Waals surface area contributed by atoms with Crippen LogP contribution in [0.1, 0.15) is 18.4 Å². The molecular formula is C16H26NO8RfSi-. The van der Waals surface area contributed by atoms with Crippen molar-refractivity contribution in [2.45, 2.75) is 25.5 Å². The van der Waals surface area contributed by atoms with Gasteiger partial charge in [-0.05, 0) is 18.9 Å². The summed E-state index contributed by atoms with van der Waals surface area (Å²) in [7, 11) is 6.85. The van der Waals surface area contributed by atoms with Gasteiger partial charge in [-0.2, -0.15) is 7.11 Å². The summed E-state index contributed by atoms with van der Waals surface area (Å²) in [6.45, 7) is 0.488. The summed E-state index contributed by atoms with van der Waals surface area (Å²) in [5, 5.41) is 11.3. The molecule has 0 heterocycles. The molecule has 0 amide bonds. The number of hydrogen-bond acceptors (Lipinski definition) is 8. The molecule has 11 heteroatoms. The second-order valence-corrected chi connectivity index (χ2v) is 8.43. The molecule has 1 rings (SSSR count). The third-order valence-corrected chi connectivity index (χ3v) is 6.75. The van der Waals surface area contributed by atoms with Crippen LogP contribution >= 0.6 is 0 Å². The van der Waals surface area contributed by atoms with Gasteiger partial charge in [-0.15, -0.1) is 0 Å². The normalized spacial score (nSPS) is 11.0. The fraction of sp³-hybridized carbons (Fsp3) is 0.562. The molecule has 0 N–H and O–H groups in total. The fourth-order valence-electron chi connectivity index (χ4n) is 2.47. The van der Waals surface area contributed by atoms with Crippen LogP contribution in [0.2, 0.25) is 6.04 Å². The van der Waals surface area contributed by atoms with Gasteiger partial charge < -0.3 is 27.5 Å². The van der Waals surface area contributed by atoms with Crippen LogP contribution in [-0.4, -0.2) is 48.8 Å². The van der Waals surface area contributed by atoms with Crippen molar-refractivity contribution in [2.75, 3.05) is 35.0 Å². The van der Waals surface area contributed by atoms with Gasteiger partial charge in [-0.3, -0.25) is 10.1 Å². The van der Waals surface area contributed by atoms with E-state index in [0.717, 1.165) is 12.8 Å². The Morgan fingerprint density at radius 3 is 2.22 bits per heavy atom. The second-order valence-electron chi connectivity index (χ2n) is 5.34. The van der Waals surface area contributed by atoms with Crippen LogP contribution in [-0.2, 0) is 24.6 Å². The first-order valence-corrected chi connectivity index (χ1v) is 9.90. The van der Waals surface area contributed by atoms with Crippen LogP contribution in [0.5, 0.6) is 11.5 Å². The van der Waals surface area contributed by atoms with Crippen LogP contribution in [0, 0.1) is 17.2 Å². The zero-order valence-corrected chi connectivity index (χ0v) is 23.7. The van der Waals surface area contributed by atoms with Crippen molar-refractivity contribution in [1.82, 2.24) is 0 Å². The molecule has 0 aliphatic heterocycles. The Bertz CT molecular complexity index is 578. The van der Waals surface area contributed by atoms with E-state index >= 15 is 0 Å². The number of ether oxygens (including phenoxy) is 3. The van der Waals surface area contributed by atoms with Crippen LogP contribution < -0.4 is 9.47 Å². The summed E-state index contributed by atoms with van der Waals surface area (Å²) in [5.74, 6) is 0.466. The number of nitro groups is 1. The molecule has 1 aromatic carbocycles. The summed E-state index contributed by atoms with van der Waals surface area (Å²) in [6.07, 6.45) is 1.52. The van der Waals surface area contributed by atoms with E-state index in [2.05, 4.69) is 7.11 Å². The number of rotatable bonds is 13. The predicted octanol–water partition coefficient (Wildman–Crippen LogP) is 2.95. The molecule has 27 heavy (non-hydrogen) atoms. The quantitative estimate of drug-likeness (QED) is 0.105. The number of hydrogen-bond donors (Lipinski definition) is 0. The summed E-state index contributed by atoms with van der Waals surface area (Å²) in [6, 6.07) is 3.64. The number of nitrogens with zero attached hydrogens (tertiary/aromatic N) is 1. The van der Waals surface area contributed by atoms with Crippen molar-refractivity contribution < 1.29 is 32.4 Å². The van der Waals surface area contributed by atoms with Crippen molar-refractivity contribution in [3.63, 3.8) is 0 Å². The smallest absolute Gasteiger partial charge is 0.500 e. The van der Waals surface area contributed by atoms with Gasteiger partial charge in [0.15, 0.2) is 5.75 Å². The van der Waals surface area contributed by atoms with Gasteiger partial charge in [-0.1, -0.05) is 0 Å². The standard InChI is InChI=1S/C16H26NO8Si.Rf/c1-20-14-10-13(16(17(18)19)15(11-14)21-2)12-25-8-6-7-9-26(22-3,23-4)24-5;/h10-11H,2,6-9,12H2,1,3-5H3;/q-1;. The number of methoxy groups -OCH3 is 1.